The monoisotopic (exact) mass is 267 g/mol. The second-order valence-electron chi connectivity index (χ2n) is 5.12. The normalized spacial score (nSPS) is 18.3. The van der Waals surface area contributed by atoms with E-state index in [1.807, 2.05) is 0 Å². The minimum absolute atomic E-state index is 0.265. The molecule has 0 aromatic heterocycles. The number of likely N-dealkylation sites (tertiary alicyclic amines) is 1. The quantitative estimate of drug-likeness (QED) is 0.890. The van der Waals surface area contributed by atoms with Crippen molar-refractivity contribution in [3.63, 3.8) is 0 Å². The molecular formula is C15H22FNO2. The van der Waals surface area contributed by atoms with Crippen molar-refractivity contribution in [3.05, 3.63) is 29.6 Å². The van der Waals surface area contributed by atoms with E-state index in [1.54, 1.807) is 19.1 Å². The maximum atomic E-state index is 13.7. The van der Waals surface area contributed by atoms with Gasteiger partial charge in [-0.05, 0) is 50.6 Å². The van der Waals surface area contributed by atoms with Gasteiger partial charge in [0, 0.05) is 6.54 Å². The molecule has 0 amide bonds. The first-order valence-electron chi connectivity index (χ1n) is 6.99. The summed E-state index contributed by atoms with van der Waals surface area (Å²) >= 11 is 0. The van der Waals surface area contributed by atoms with Crippen molar-refractivity contribution in [1.82, 2.24) is 4.90 Å². The maximum Gasteiger partial charge on any atom is 0.165 e. The van der Waals surface area contributed by atoms with Crippen LogP contribution in [0.2, 0.25) is 0 Å². The highest BCUT2D eigenvalue weighted by Crippen LogP contribution is 2.22. The van der Waals surface area contributed by atoms with E-state index in [-0.39, 0.29) is 5.75 Å². The van der Waals surface area contributed by atoms with E-state index in [0.29, 0.717) is 12.2 Å². The summed E-state index contributed by atoms with van der Waals surface area (Å²) in [7, 11) is 0. The van der Waals surface area contributed by atoms with Crippen molar-refractivity contribution in [2.24, 2.45) is 0 Å². The fourth-order valence-corrected chi connectivity index (χ4v) is 2.36. The van der Waals surface area contributed by atoms with Gasteiger partial charge in [0.15, 0.2) is 11.6 Å². The van der Waals surface area contributed by atoms with Crippen LogP contribution in [0.1, 0.15) is 37.9 Å². The molecule has 2 rings (SSSR count). The molecule has 1 aromatic rings. The smallest absolute Gasteiger partial charge is 0.165 e. The van der Waals surface area contributed by atoms with Gasteiger partial charge in [-0.2, -0.15) is 0 Å². The first-order valence-corrected chi connectivity index (χ1v) is 6.99. The summed E-state index contributed by atoms with van der Waals surface area (Å²) in [6.45, 7) is 5.20. The van der Waals surface area contributed by atoms with Gasteiger partial charge in [-0.25, -0.2) is 4.39 Å². The van der Waals surface area contributed by atoms with Gasteiger partial charge in [-0.1, -0.05) is 12.5 Å². The standard InChI is InChI=1S/C15H22FNO2/c1-12(18)13-5-6-15(14(16)11-13)19-10-9-17-7-3-2-4-8-17/h5-6,11-12,18H,2-4,7-10H2,1H3/t12-/m0/s1. The summed E-state index contributed by atoms with van der Waals surface area (Å²) < 4.78 is 19.2. The number of aliphatic hydroxyl groups is 1. The topological polar surface area (TPSA) is 32.7 Å². The number of halogens is 1. The number of hydrogen-bond acceptors (Lipinski definition) is 3. The molecule has 0 aliphatic carbocycles. The number of benzene rings is 1. The SMILES string of the molecule is C[C@H](O)c1ccc(OCCN2CCCCC2)c(F)c1. The third kappa shape index (κ3) is 4.18. The van der Waals surface area contributed by atoms with Crippen LogP contribution < -0.4 is 4.74 Å². The predicted molar refractivity (Wildman–Crippen MR) is 72.8 cm³/mol. The van der Waals surface area contributed by atoms with Gasteiger partial charge < -0.3 is 9.84 Å². The van der Waals surface area contributed by atoms with Crippen LogP contribution in [-0.2, 0) is 0 Å². The molecule has 106 valence electrons. The minimum atomic E-state index is -0.656. The lowest BCUT2D eigenvalue weighted by molar-refractivity contribution is 0.179. The lowest BCUT2D eigenvalue weighted by Crippen LogP contribution is -2.33. The summed E-state index contributed by atoms with van der Waals surface area (Å²) in [4.78, 5) is 2.35. The maximum absolute atomic E-state index is 13.7. The molecule has 19 heavy (non-hydrogen) atoms. The summed E-state index contributed by atoms with van der Waals surface area (Å²) in [5, 5.41) is 9.37. The molecule has 1 fully saturated rings. The lowest BCUT2D eigenvalue weighted by atomic mass is 10.1. The highest BCUT2D eigenvalue weighted by Gasteiger charge is 2.11. The fraction of sp³-hybridized carbons (Fsp3) is 0.600. The summed E-state index contributed by atoms with van der Waals surface area (Å²) in [5.41, 5.74) is 0.570. The van der Waals surface area contributed by atoms with E-state index >= 15 is 0 Å². The van der Waals surface area contributed by atoms with Crippen molar-refractivity contribution in [2.45, 2.75) is 32.3 Å². The van der Waals surface area contributed by atoms with E-state index in [2.05, 4.69) is 4.90 Å². The molecule has 1 aliphatic rings. The zero-order valence-electron chi connectivity index (χ0n) is 11.4. The van der Waals surface area contributed by atoms with Crippen molar-refractivity contribution < 1.29 is 14.2 Å². The van der Waals surface area contributed by atoms with E-state index in [4.69, 9.17) is 4.74 Å². The Kier molecular flexibility index (Phi) is 5.16. The lowest BCUT2D eigenvalue weighted by Gasteiger charge is -2.26. The van der Waals surface area contributed by atoms with Crippen LogP contribution in [0.4, 0.5) is 4.39 Å². The molecule has 0 spiro atoms. The second kappa shape index (κ2) is 6.87. The highest BCUT2D eigenvalue weighted by molar-refractivity contribution is 5.30. The molecular weight excluding hydrogens is 245 g/mol. The molecule has 1 aliphatic heterocycles. The first kappa shape index (κ1) is 14.3. The molecule has 4 heteroatoms. The van der Waals surface area contributed by atoms with Crippen molar-refractivity contribution in [3.8, 4) is 5.75 Å². The zero-order valence-corrected chi connectivity index (χ0v) is 11.4. The minimum Gasteiger partial charge on any atom is -0.489 e. The Labute approximate surface area is 114 Å². The summed E-state index contributed by atoms with van der Waals surface area (Å²) in [6.07, 6.45) is 3.15. The average molecular weight is 267 g/mol. The van der Waals surface area contributed by atoms with Crippen LogP contribution in [0.5, 0.6) is 5.75 Å². The first-order chi connectivity index (χ1) is 9.16. The second-order valence-corrected chi connectivity index (χ2v) is 5.12. The van der Waals surface area contributed by atoms with Crippen molar-refractivity contribution >= 4 is 0 Å². The molecule has 1 heterocycles. The Hall–Kier alpha value is -1.13. The van der Waals surface area contributed by atoms with Gasteiger partial charge in [0.2, 0.25) is 0 Å². The molecule has 0 saturated carbocycles. The largest absolute Gasteiger partial charge is 0.489 e. The predicted octanol–water partition coefficient (Wildman–Crippen LogP) is 2.74. The van der Waals surface area contributed by atoms with E-state index in [9.17, 15) is 9.50 Å². The van der Waals surface area contributed by atoms with Gasteiger partial charge in [-0.3, -0.25) is 4.90 Å². The highest BCUT2D eigenvalue weighted by atomic mass is 19.1. The third-order valence-electron chi connectivity index (χ3n) is 3.55. The third-order valence-corrected chi connectivity index (χ3v) is 3.55. The Morgan fingerprint density at radius 3 is 2.68 bits per heavy atom. The van der Waals surface area contributed by atoms with Crippen LogP contribution in [0.25, 0.3) is 0 Å². The molecule has 1 aromatic carbocycles. The average Bonchev–Trinajstić information content (AvgIpc) is 2.41. The molecule has 0 bridgehead atoms. The van der Waals surface area contributed by atoms with Crippen LogP contribution >= 0.6 is 0 Å². The number of ether oxygens (including phenoxy) is 1. The summed E-state index contributed by atoms with van der Waals surface area (Å²) in [5.74, 6) is -0.140. The van der Waals surface area contributed by atoms with Crippen molar-refractivity contribution in [2.75, 3.05) is 26.2 Å². The Morgan fingerprint density at radius 2 is 2.05 bits per heavy atom. The number of piperidine rings is 1. The Bertz CT molecular complexity index is 403. The fourth-order valence-electron chi connectivity index (χ4n) is 2.36. The number of aliphatic hydroxyl groups excluding tert-OH is 1. The van der Waals surface area contributed by atoms with Gasteiger partial charge in [-0.15, -0.1) is 0 Å². The number of nitrogens with zero attached hydrogens (tertiary/aromatic N) is 1. The molecule has 1 saturated heterocycles. The van der Waals surface area contributed by atoms with Crippen LogP contribution in [0.15, 0.2) is 18.2 Å². The molecule has 0 unspecified atom stereocenters. The van der Waals surface area contributed by atoms with Crippen LogP contribution in [0.3, 0.4) is 0 Å². The molecule has 0 radical (unpaired) electrons. The van der Waals surface area contributed by atoms with Gasteiger partial charge >= 0.3 is 0 Å². The van der Waals surface area contributed by atoms with Crippen LogP contribution in [-0.4, -0.2) is 36.2 Å². The zero-order chi connectivity index (χ0) is 13.7. The number of rotatable bonds is 5. The van der Waals surface area contributed by atoms with E-state index in [1.165, 1.54) is 25.3 Å². The van der Waals surface area contributed by atoms with Gasteiger partial charge in [0.1, 0.15) is 6.61 Å². The Balaban J connectivity index is 1.82. The van der Waals surface area contributed by atoms with Crippen molar-refractivity contribution in [1.29, 1.82) is 0 Å². The number of hydrogen-bond donors (Lipinski definition) is 1. The molecule has 3 nitrogen and oxygen atoms in total. The van der Waals surface area contributed by atoms with E-state index < -0.39 is 11.9 Å². The molecule has 1 N–H and O–H groups in total. The van der Waals surface area contributed by atoms with Gasteiger partial charge in [0.05, 0.1) is 6.10 Å². The van der Waals surface area contributed by atoms with E-state index in [0.717, 1.165) is 19.6 Å². The van der Waals surface area contributed by atoms with Crippen LogP contribution in [0, 0.1) is 5.82 Å². The van der Waals surface area contributed by atoms with Gasteiger partial charge in [0.25, 0.3) is 0 Å². The molecule has 1 atom stereocenters. The Morgan fingerprint density at radius 1 is 1.32 bits per heavy atom. The summed E-state index contributed by atoms with van der Waals surface area (Å²) in [6, 6.07) is 4.62.